The molecule has 1 atom stereocenters. The lowest BCUT2D eigenvalue weighted by Crippen LogP contribution is -2.41. The van der Waals surface area contributed by atoms with E-state index in [9.17, 15) is 8.78 Å². The smallest absolute Gasteiger partial charge is 0.184 e. The van der Waals surface area contributed by atoms with Crippen LogP contribution < -0.4 is 16.5 Å². The highest BCUT2D eigenvalue weighted by Gasteiger charge is 2.21. The summed E-state index contributed by atoms with van der Waals surface area (Å²) in [5, 5.41) is 6.76. The molecule has 0 aromatic heterocycles. The normalized spacial score (nSPS) is 17.6. The largest absolute Gasteiger partial charge is 0.379 e. The van der Waals surface area contributed by atoms with Gasteiger partial charge in [0.25, 0.3) is 0 Å². The summed E-state index contributed by atoms with van der Waals surface area (Å²) in [7, 11) is 0. The fourth-order valence-corrected chi connectivity index (χ4v) is 3.37. The Morgan fingerprint density at radius 3 is 2.79 bits per heavy atom. The number of nitrogens with zero attached hydrogens (tertiary/aromatic N) is 2. The third-order valence-corrected chi connectivity index (χ3v) is 4.67. The Labute approximate surface area is 168 Å². The van der Waals surface area contributed by atoms with Crippen molar-refractivity contribution in [1.82, 2.24) is 10.3 Å². The minimum absolute atomic E-state index is 0.0150. The highest BCUT2D eigenvalue weighted by atomic mass is 32.1. The van der Waals surface area contributed by atoms with E-state index in [1.807, 2.05) is 18.2 Å². The number of hydrazone groups is 1. The number of halogens is 2. The van der Waals surface area contributed by atoms with Gasteiger partial charge in [-0.05, 0) is 43.2 Å². The summed E-state index contributed by atoms with van der Waals surface area (Å²) in [6, 6.07) is 12.6. The summed E-state index contributed by atoms with van der Waals surface area (Å²) >= 11 is 4.60. The molecular formula is C20H23F2N5S. The Kier molecular flexibility index (Phi) is 6.89. The molecule has 2 aromatic carbocycles. The molecule has 1 fully saturated rings. The number of benzene rings is 2. The lowest BCUT2D eigenvalue weighted by atomic mass is 10.0. The average molecular weight is 404 g/mol. The Morgan fingerprint density at radius 1 is 1.25 bits per heavy atom. The van der Waals surface area contributed by atoms with E-state index < -0.39 is 11.6 Å². The predicted molar refractivity (Wildman–Crippen MR) is 112 cm³/mol. The molecule has 148 valence electrons. The molecule has 0 radical (unpaired) electrons. The maximum atomic E-state index is 14.4. The van der Waals surface area contributed by atoms with Crippen molar-refractivity contribution in [3.8, 4) is 0 Å². The molecule has 1 aliphatic heterocycles. The second-order valence-electron chi connectivity index (χ2n) is 6.79. The van der Waals surface area contributed by atoms with Crippen molar-refractivity contribution >= 4 is 29.2 Å². The van der Waals surface area contributed by atoms with Gasteiger partial charge in [-0.2, -0.15) is 5.10 Å². The third kappa shape index (κ3) is 5.71. The fourth-order valence-electron chi connectivity index (χ4n) is 3.32. The number of rotatable bonds is 6. The van der Waals surface area contributed by atoms with E-state index in [4.69, 9.17) is 5.73 Å². The second kappa shape index (κ2) is 9.57. The summed E-state index contributed by atoms with van der Waals surface area (Å²) < 4.78 is 28.7. The minimum atomic E-state index is -0.575. The molecule has 0 bridgehead atoms. The number of likely N-dealkylation sites (tertiary alicyclic amines) is 1. The van der Waals surface area contributed by atoms with Crippen molar-refractivity contribution in [3.63, 3.8) is 0 Å². The van der Waals surface area contributed by atoms with Gasteiger partial charge in [-0.15, -0.1) is 0 Å². The molecule has 1 aliphatic rings. The number of anilines is 1. The SMILES string of the molecule is NC(=S)NN=Cc1cc(F)c(N[C@H]2CCCN(Cc3ccccc3)C2)cc1F. The molecule has 8 heteroatoms. The van der Waals surface area contributed by atoms with Gasteiger partial charge in [0.1, 0.15) is 11.6 Å². The monoisotopic (exact) mass is 403 g/mol. The van der Waals surface area contributed by atoms with Crippen LogP contribution in [0.1, 0.15) is 24.0 Å². The van der Waals surface area contributed by atoms with Gasteiger partial charge in [-0.1, -0.05) is 30.3 Å². The highest BCUT2D eigenvalue weighted by Crippen LogP contribution is 2.22. The third-order valence-electron chi connectivity index (χ3n) is 4.58. The number of thiocarbonyl (C=S) groups is 1. The zero-order valence-electron chi connectivity index (χ0n) is 15.4. The molecular weight excluding hydrogens is 380 g/mol. The molecule has 5 nitrogen and oxygen atoms in total. The van der Waals surface area contributed by atoms with Gasteiger partial charge < -0.3 is 11.1 Å². The maximum absolute atomic E-state index is 14.4. The molecule has 0 aliphatic carbocycles. The quantitative estimate of drug-likeness (QED) is 0.393. The van der Waals surface area contributed by atoms with Crippen LogP contribution in [0.25, 0.3) is 0 Å². The number of hydrogen-bond donors (Lipinski definition) is 3. The van der Waals surface area contributed by atoms with E-state index in [1.54, 1.807) is 0 Å². The van der Waals surface area contributed by atoms with Gasteiger partial charge in [-0.25, -0.2) is 8.78 Å². The lowest BCUT2D eigenvalue weighted by Gasteiger charge is -2.33. The van der Waals surface area contributed by atoms with Gasteiger partial charge in [0.15, 0.2) is 5.11 Å². The Balaban J connectivity index is 1.63. The Bertz CT molecular complexity index is 844. The van der Waals surface area contributed by atoms with Crippen molar-refractivity contribution in [2.75, 3.05) is 18.4 Å². The lowest BCUT2D eigenvalue weighted by molar-refractivity contribution is 0.208. The number of hydrogen-bond acceptors (Lipinski definition) is 4. The first-order valence-electron chi connectivity index (χ1n) is 9.11. The number of piperidine rings is 1. The van der Waals surface area contributed by atoms with Crippen molar-refractivity contribution < 1.29 is 8.78 Å². The van der Waals surface area contributed by atoms with Crippen molar-refractivity contribution in [2.45, 2.75) is 25.4 Å². The maximum Gasteiger partial charge on any atom is 0.184 e. The zero-order valence-corrected chi connectivity index (χ0v) is 16.2. The van der Waals surface area contributed by atoms with Crippen LogP contribution in [0.2, 0.25) is 0 Å². The Morgan fingerprint density at radius 2 is 2.04 bits per heavy atom. The summed E-state index contributed by atoms with van der Waals surface area (Å²) in [6.45, 7) is 2.62. The zero-order chi connectivity index (χ0) is 19.9. The van der Waals surface area contributed by atoms with Gasteiger partial charge in [-0.3, -0.25) is 10.3 Å². The van der Waals surface area contributed by atoms with Crippen LogP contribution in [-0.2, 0) is 6.54 Å². The molecule has 4 N–H and O–H groups in total. The van der Waals surface area contributed by atoms with Gasteiger partial charge in [0.05, 0.1) is 11.9 Å². The average Bonchev–Trinajstić information content (AvgIpc) is 2.66. The van der Waals surface area contributed by atoms with Crippen LogP contribution in [0.3, 0.4) is 0 Å². The highest BCUT2D eigenvalue weighted by molar-refractivity contribution is 7.80. The minimum Gasteiger partial charge on any atom is -0.379 e. The molecule has 2 aromatic rings. The first-order chi connectivity index (χ1) is 13.5. The van der Waals surface area contributed by atoms with Gasteiger partial charge in [0, 0.05) is 30.8 Å². The summed E-state index contributed by atoms with van der Waals surface area (Å²) in [6.07, 6.45) is 3.06. The van der Waals surface area contributed by atoms with E-state index in [-0.39, 0.29) is 22.4 Å². The number of nitrogens with two attached hydrogens (primary N) is 1. The molecule has 3 rings (SSSR count). The second-order valence-corrected chi connectivity index (χ2v) is 7.23. The number of nitrogens with one attached hydrogen (secondary N) is 2. The van der Waals surface area contributed by atoms with Crippen molar-refractivity contribution in [1.29, 1.82) is 0 Å². The van der Waals surface area contributed by atoms with Crippen LogP contribution in [0.5, 0.6) is 0 Å². The first kappa shape index (κ1) is 20.2. The van der Waals surface area contributed by atoms with Crippen LogP contribution in [0.15, 0.2) is 47.6 Å². The van der Waals surface area contributed by atoms with Gasteiger partial charge in [0.2, 0.25) is 0 Å². The molecule has 28 heavy (non-hydrogen) atoms. The van der Waals surface area contributed by atoms with E-state index in [0.717, 1.165) is 50.8 Å². The van der Waals surface area contributed by atoms with Crippen molar-refractivity contribution in [3.05, 3.63) is 65.2 Å². The van der Waals surface area contributed by atoms with Crippen LogP contribution in [0.4, 0.5) is 14.5 Å². The Hall–Kier alpha value is -2.58. The molecule has 1 heterocycles. The van der Waals surface area contributed by atoms with Crippen LogP contribution >= 0.6 is 12.2 Å². The summed E-state index contributed by atoms with van der Waals surface area (Å²) in [5.41, 5.74) is 8.97. The summed E-state index contributed by atoms with van der Waals surface area (Å²) in [5.74, 6) is -1.10. The topological polar surface area (TPSA) is 65.7 Å². The molecule has 1 saturated heterocycles. The van der Waals surface area contributed by atoms with E-state index >= 15 is 0 Å². The molecule has 0 saturated carbocycles. The van der Waals surface area contributed by atoms with Crippen molar-refractivity contribution in [2.24, 2.45) is 10.8 Å². The van der Waals surface area contributed by atoms with Crippen LogP contribution in [-0.4, -0.2) is 35.4 Å². The fraction of sp³-hybridized carbons (Fsp3) is 0.300. The molecule has 0 spiro atoms. The molecule has 0 amide bonds. The van der Waals surface area contributed by atoms with E-state index in [2.05, 4.69) is 45.1 Å². The first-order valence-corrected chi connectivity index (χ1v) is 9.52. The van der Waals surface area contributed by atoms with E-state index in [1.165, 1.54) is 5.56 Å². The van der Waals surface area contributed by atoms with Crippen LogP contribution in [0, 0.1) is 11.6 Å². The van der Waals surface area contributed by atoms with E-state index in [0.29, 0.717) is 0 Å². The standard InChI is InChI=1S/C20H23F2N5S/c21-17-10-19(18(22)9-15(17)11-24-26-20(23)28)25-16-7-4-8-27(13-16)12-14-5-2-1-3-6-14/h1-3,5-6,9-11,16,25H,4,7-8,12-13H2,(H3,23,26,28)/t16-/m0/s1. The summed E-state index contributed by atoms with van der Waals surface area (Å²) in [4.78, 5) is 2.33. The predicted octanol–water partition coefficient (Wildman–Crippen LogP) is 3.21. The molecule has 0 unspecified atom stereocenters. The van der Waals surface area contributed by atoms with Gasteiger partial charge >= 0.3 is 0 Å².